The van der Waals surface area contributed by atoms with Gasteiger partial charge in [0, 0.05) is 0 Å². The van der Waals surface area contributed by atoms with Crippen molar-refractivity contribution in [3.63, 3.8) is 0 Å². The molecule has 0 aromatic rings. The van der Waals surface area contributed by atoms with E-state index in [0.29, 0.717) is 0 Å². The summed E-state index contributed by atoms with van der Waals surface area (Å²) in [5.41, 5.74) is -0.0905. The molecule has 102 valence electrons. The van der Waals surface area contributed by atoms with E-state index in [1.54, 1.807) is 6.08 Å². The summed E-state index contributed by atoms with van der Waals surface area (Å²) >= 11 is 0. The summed E-state index contributed by atoms with van der Waals surface area (Å²) in [4.78, 5) is 21.6. The van der Waals surface area contributed by atoms with Crippen molar-refractivity contribution in [1.82, 2.24) is 0 Å². The van der Waals surface area contributed by atoms with Crippen molar-refractivity contribution < 1.29 is 19.8 Å². The van der Waals surface area contributed by atoms with Gasteiger partial charge in [-0.05, 0) is 19.8 Å². The third-order valence-corrected chi connectivity index (χ3v) is 2.72. The largest absolute Gasteiger partial charge is 0.481 e. The summed E-state index contributed by atoms with van der Waals surface area (Å²) in [5, 5.41) is 17.7. The van der Waals surface area contributed by atoms with E-state index >= 15 is 0 Å². The lowest BCUT2D eigenvalue weighted by molar-refractivity contribution is -0.143. The molecule has 0 aromatic carbocycles. The average Bonchev–Trinajstić information content (AvgIpc) is 2.31. The Morgan fingerprint density at radius 1 is 1.17 bits per heavy atom. The second kappa shape index (κ2) is 9.45. The minimum atomic E-state index is -1.18. The standard InChI is InChI=1S/C14H22O4/c1-3-4-5-6-7-8-9-10-12(14(17)18)11(2)13(15)16/h8-11H,3-7H2,1-2H3,(H,15,16)(H,17,18). The number of hydrogen-bond acceptors (Lipinski definition) is 2. The average molecular weight is 254 g/mol. The zero-order chi connectivity index (χ0) is 14.0. The van der Waals surface area contributed by atoms with Gasteiger partial charge in [0.15, 0.2) is 0 Å². The summed E-state index contributed by atoms with van der Waals surface area (Å²) in [7, 11) is 0. The SMILES string of the molecule is CCCCCCC=CC=C(C(=O)O)C(C)C(=O)O. The van der Waals surface area contributed by atoms with Crippen molar-refractivity contribution in [2.24, 2.45) is 5.92 Å². The van der Waals surface area contributed by atoms with Gasteiger partial charge in [-0.25, -0.2) is 4.79 Å². The normalized spacial score (nSPS) is 13.8. The van der Waals surface area contributed by atoms with Gasteiger partial charge in [0.05, 0.1) is 11.5 Å². The Hall–Kier alpha value is -1.58. The highest BCUT2D eigenvalue weighted by Crippen LogP contribution is 2.11. The third kappa shape index (κ3) is 6.89. The van der Waals surface area contributed by atoms with E-state index in [4.69, 9.17) is 10.2 Å². The number of aliphatic carboxylic acids is 2. The van der Waals surface area contributed by atoms with Crippen LogP contribution in [0.3, 0.4) is 0 Å². The summed E-state index contributed by atoms with van der Waals surface area (Å²) in [6.45, 7) is 3.52. The van der Waals surface area contributed by atoms with Crippen molar-refractivity contribution in [1.29, 1.82) is 0 Å². The summed E-state index contributed by atoms with van der Waals surface area (Å²) < 4.78 is 0. The molecule has 0 saturated heterocycles. The molecule has 1 unspecified atom stereocenters. The Bertz CT molecular complexity index is 329. The lowest BCUT2D eigenvalue weighted by Crippen LogP contribution is -2.18. The molecule has 0 saturated carbocycles. The monoisotopic (exact) mass is 254 g/mol. The molecule has 4 nitrogen and oxygen atoms in total. The minimum absolute atomic E-state index is 0.0905. The molecule has 2 N–H and O–H groups in total. The van der Waals surface area contributed by atoms with Gasteiger partial charge < -0.3 is 10.2 Å². The maximum Gasteiger partial charge on any atom is 0.332 e. The first-order chi connectivity index (χ1) is 8.50. The predicted octanol–water partition coefficient (Wildman–Crippen LogP) is 3.24. The number of hydrogen-bond donors (Lipinski definition) is 2. The van der Waals surface area contributed by atoms with Crippen LogP contribution in [0.2, 0.25) is 0 Å². The van der Waals surface area contributed by atoms with Crippen molar-refractivity contribution >= 4 is 11.9 Å². The van der Waals surface area contributed by atoms with Gasteiger partial charge in [0.2, 0.25) is 0 Å². The highest BCUT2D eigenvalue weighted by molar-refractivity contribution is 5.93. The molecular weight excluding hydrogens is 232 g/mol. The number of carboxylic acid groups (broad SMARTS) is 2. The Kier molecular flexibility index (Phi) is 8.62. The lowest BCUT2D eigenvalue weighted by atomic mass is 10.0. The second-order valence-corrected chi connectivity index (χ2v) is 4.26. The number of carboxylic acids is 2. The number of carbonyl (C=O) groups is 2. The molecule has 0 heterocycles. The highest BCUT2D eigenvalue weighted by Gasteiger charge is 2.21. The fourth-order valence-electron chi connectivity index (χ4n) is 1.49. The van der Waals surface area contributed by atoms with Crippen molar-refractivity contribution in [3.8, 4) is 0 Å². The van der Waals surface area contributed by atoms with Crippen LogP contribution in [0, 0.1) is 5.92 Å². The highest BCUT2D eigenvalue weighted by atomic mass is 16.4. The van der Waals surface area contributed by atoms with Gasteiger partial charge in [0.1, 0.15) is 0 Å². The summed E-state index contributed by atoms with van der Waals surface area (Å²) in [5.74, 6) is -3.30. The molecule has 0 aromatic heterocycles. The van der Waals surface area contributed by atoms with Gasteiger partial charge in [-0.2, -0.15) is 0 Å². The van der Waals surface area contributed by atoms with Crippen LogP contribution in [-0.4, -0.2) is 22.2 Å². The number of unbranched alkanes of at least 4 members (excludes halogenated alkanes) is 4. The van der Waals surface area contributed by atoms with Gasteiger partial charge in [-0.3, -0.25) is 4.79 Å². The maximum absolute atomic E-state index is 10.9. The van der Waals surface area contributed by atoms with Crippen LogP contribution in [0.1, 0.15) is 46.0 Å². The van der Waals surface area contributed by atoms with Crippen LogP contribution in [0.15, 0.2) is 23.8 Å². The molecule has 0 rings (SSSR count). The first kappa shape index (κ1) is 16.4. The predicted molar refractivity (Wildman–Crippen MR) is 70.4 cm³/mol. The van der Waals surface area contributed by atoms with Gasteiger partial charge in [0.25, 0.3) is 0 Å². The zero-order valence-corrected chi connectivity index (χ0v) is 11.1. The molecule has 18 heavy (non-hydrogen) atoms. The van der Waals surface area contributed by atoms with E-state index < -0.39 is 17.9 Å². The number of allylic oxidation sites excluding steroid dienone is 3. The van der Waals surface area contributed by atoms with Gasteiger partial charge in [-0.15, -0.1) is 0 Å². The molecule has 0 aliphatic carbocycles. The molecule has 4 heteroatoms. The first-order valence-electron chi connectivity index (χ1n) is 6.33. The van der Waals surface area contributed by atoms with Crippen molar-refractivity contribution in [2.45, 2.75) is 46.0 Å². The van der Waals surface area contributed by atoms with E-state index in [9.17, 15) is 9.59 Å². The molecule has 0 radical (unpaired) electrons. The Morgan fingerprint density at radius 3 is 2.33 bits per heavy atom. The summed E-state index contributed by atoms with van der Waals surface area (Å²) in [6.07, 6.45) is 10.4. The van der Waals surface area contributed by atoms with Crippen LogP contribution < -0.4 is 0 Å². The molecule has 0 fully saturated rings. The number of rotatable bonds is 9. The second-order valence-electron chi connectivity index (χ2n) is 4.26. The molecule has 0 amide bonds. The van der Waals surface area contributed by atoms with E-state index in [1.807, 2.05) is 6.08 Å². The molecule has 0 bridgehead atoms. The van der Waals surface area contributed by atoms with Crippen LogP contribution in [0.5, 0.6) is 0 Å². The van der Waals surface area contributed by atoms with Crippen molar-refractivity contribution in [2.75, 3.05) is 0 Å². The minimum Gasteiger partial charge on any atom is -0.481 e. The smallest absolute Gasteiger partial charge is 0.332 e. The Balaban J connectivity index is 4.29. The zero-order valence-electron chi connectivity index (χ0n) is 11.1. The van der Waals surface area contributed by atoms with E-state index in [0.717, 1.165) is 12.8 Å². The topological polar surface area (TPSA) is 74.6 Å². The molecular formula is C14H22O4. The third-order valence-electron chi connectivity index (χ3n) is 2.72. The quantitative estimate of drug-likeness (QED) is 0.376. The Morgan fingerprint density at radius 2 is 1.83 bits per heavy atom. The first-order valence-corrected chi connectivity index (χ1v) is 6.33. The van der Waals surface area contributed by atoms with E-state index in [2.05, 4.69) is 6.92 Å². The van der Waals surface area contributed by atoms with E-state index in [-0.39, 0.29) is 5.57 Å². The van der Waals surface area contributed by atoms with Crippen LogP contribution in [0.25, 0.3) is 0 Å². The fourth-order valence-corrected chi connectivity index (χ4v) is 1.49. The fraction of sp³-hybridized carbons (Fsp3) is 0.571. The molecule has 1 atom stereocenters. The maximum atomic E-state index is 10.9. The molecule has 0 aliphatic heterocycles. The lowest BCUT2D eigenvalue weighted by Gasteiger charge is -2.05. The van der Waals surface area contributed by atoms with Crippen molar-refractivity contribution in [3.05, 3.63) is 23.8 Å². The summed E-state index contributed by atoms with van der Waals surface area (Å²) in [6, 6.07) is 0. The van der Waals surface area contributed by atoms with Gasteiger partial charge >= 0.3 is 11.9 Å². The van der Waals surface area contributed by atoms with Crippen LogP contribution >= 0.6 is 0 Å². The molecule has 0 spiro atoms. The molecule has 0 aliphatic rings. The van der Waals surface area contributed by atoms with Gasteiger partial charge in [-0.1, -0.05) is 44.4 Å². The van der Waals surface area contributed by atoms with E-state index in [1.165, 1.54) is 32.3 Å². The Labute approximate surface area is 108 Å². The van der Waals surface area contributed by atoms with Crippen LogP contribution in [-0.2, 0) is 9.59 Å². The van der Waals surface area contributed by atoms with Crippen LogP contribution in [0.4, 0.5) is 0 Å².